The molecule has 19 heavy (non-hydrogen) atoms. The lowest BCUT2D eigenvalue weighted by Crippen LogP contribution is -2.17. The highest BCUT2D eigenvalue weighted by atomic mass is 16.3. The minimum Gasteiger partial charge on any atom is -0.469 e. The van der Waals surface area contributed by atoms with Crippen molar-refractivity contribution in [2.45, 2.75) is 33.1 Å². The Bertz CT molecular complexity index is 574. The molecule has 0 unspecified atom stereocenters. The molecule has 0 aliphatic carbocycles. The van der Waals surface area contributed by atoms with Crippen molar-refractivity contribution in [1.29, 1.82) is 0 Å². The first kappa shape index (κ1) is 12.5. The van der Waals surface area contributed by atoms with Gasteiger partial charge in [-0.2, -0.15) is 0 Å². The summed E-state index contributed by atoms with van der Waals surface area (Å²) in [7, 11) is 2.15. The van der Waals surface area contributed by atoms with Crippen LogP contribution >= 0.6 is 0 Å². The van der Waals surface area contributed by atoms with Crippen LogP contribution in [-0.2, 0) is 26.2 Å². The number of furan rings is 1. The molecule has 0 saturated heterocycles. The molecule has 0 atom stereocenters. The lowest BCUT2D eigenvalue weighted by atomic mass is 10.1. The quantitative estimate of drug-likeness (QED) is 0.912. The predicted molar refractivity (Wildman–Crippen MR) is 75.6 cm³/mol. The van der Waals surface area contributed by atoms with E-state index in [1.807, 2.05) is 6.92 Å². The number of benzene rings is 1. The Morgan fingerprint density at radius 1 is 1.16 bits per heavy atom. The molecule has 0 spiro atoms. The number of aryl methyl sites for hydroxylation is 1. The van der Waals surface area contributed by atoms with Gasteiger partial charge in [-0.25, -0.2) is 0 Å². The van der Waals surface area contributed by atoms with Crippen molar-refractivity contribution >= 4 is 0 Å². The number of hydrogen-bond donors (Lipinski definition) is 1. The maximum atomic E-state index is 5.34. The number of fused-ring (bicyclic) bond motifs is 1. The van der Waals surface area contributed by atoms with E-state index in [-0.39, 0.29) is 0 Å². The van der Waals surface area contributed by atoms with Crippen LogP contribution in [0.2, 0.25) is 0 Å². The normalized spacial score (nSPS) is 14.1. The first-order chi connectivity index (χ1) is 9.22. The maximum absolute atomic E-state index is 5.34. The smallest absolute Gasteiger partial charge is 0.105 e. The van der Waals surface area contributed by atoms with Crippen molar-refractivity contribution in [1.82, 2.24) is 10.2 Å². The van der Waals surface area contributed by atoms with Crippen LogP contribution in [0.25, 0.3) is 0 Å². The molecule has 1 aliphatic rings. The first-order valence-electron chi connectivity index (χ1n) is 6.75. The van der Waals surface area contributed by atoms with Crippen molar-refractivity contribution in [3.8, 4) is 0 Å². The Kier molecular flexibility index (Phi) is 3.40. The van der Waals surface area contributed by atoms with Crippen LogP contribution in [-0.4, -0.2) is 11.9 Å². The van der Waals surface area contributed by atoms with Gasteiger partial charge in [0.1, 0.15) is 5.76 Å². The highest BCUT2D eigenvalue weighted by molar-refractivity contribution is 5.34. The third-order valence-corrected chi connectivity index (χ3v) is 3.76. The van der Waals surface area contributed by atoms with Gasteiger partial charge in [0, 0.05) is 31.7 Å². The van der Waals surface area contributed by atoms with Crippen LogP contribution in [0, 0.1) is 6.92 Å². The van der Waals surface area contributed by atoms with E-state index in [0.29, 0.717) is 0 Å². The van der Waals surface area contributed by atoms with E-state index in [2.05, 4.69) is 41.5 Å². The fourth-order valence-electron chi connectivity index (χ4n) is 2.68. The molecule has 1 aromatic carbocycles. The van der Waals surface area contributed by atoms with E-state index in [9.17, 15) is 0 Å². The number of rotatable bonds is 4. The Labute approximate surface area is 114 Å². The van der Waals surface area contributed by atoms with E-state index in [1.54, 1.807) is 6.26 Å². The summed E-state index contributed by atoms with van der Waals surface area (Å²) in [6.07, 6.45) is 1.76. The second-order valence-corrected chi connectivity index (χ2v) is 5.38. The lowest BCUT2D eigenvalue weighted by Gasteiger charge is -2.16. The summed E-state index contributed by atoms with van der Waals surface area (Å²) in [4.78, 5) is 2.32. The average Bonchev–Trinajstić information content (AvgIpc) is 2.98. The summed E-state index contributed by atoms with van der Waals surface area (Å²) in [6.45, 7) is 5.94. The Hall–Kier alpha value is -1.58. The van der Waals surface area contributed by atoms with Crippen molar-refractivity contribution in [2.75, 3.05) is 7.05 Å². The summed E-state index contributed by atoms with van der Waals surface area (Å²) in [5, 5.41) is 3.39. The zero-order chi connectivity index (χ0) is 13.2. The minimum absolute atomic E-state index is 0.928. The fraction of sp³-hybridized carbons (Fsp3) is 0.375. The third kappa shape index (κ3) is 2.72. The van der Waals surface area contributed by atoms with Crippen LogP contribution in [0.5, 0.6) is 0 Å². The van der Waals surface area contributed by atoms with Gasteiger partial charge in [-0.1, -0.05) is 18.2 Å². The summed E-state index contributed by atoms with van der Waals surface area (Å²) in [5.41, 5.74) is 5.54. The van der Waals surface area contributed by atoms with Gasteiger partial charge < -0.3 is 9.73 Å². The number of nitrogens with one attached hydrogen (secondary N) is 1. The first-order valence-corrected chi connectivity index (χ1v) is 6.75. The van der Waals surface area contributed by atoms with Gasteiger partial charge in [0.05, 0.1) is 6.26 Å². The van der Waals surface area contributed by atoms with Crippen molar-refractivity contribution < 1.29 is 4.42 Å². The maximum Gasteiger partial charge on any atom is 0.105 e. The van der Waals surface area contributed by atoms with Crippen molar-refractivity contribution in [2.24, 2.45) is 0 Å². The van der Waals surface area contributed by atoms with Crippen LogP contribution in [0.4, 0.5) is 0 Å². The molecule has 3 nitrogen and oxygen atoms in total. The van der Waals surface area contributed by atoms with E-state index in [0.717, 1.165) is 31.9 Å². The minimum atomic E-state index is 0.928. The third-order valence-electron chi connectivity index (χ3n) is 3.76. The van der Waals surface area contributed by atoms with Crippen LogP contribution < -0.4 is 5.32 Å². The molecule has 0 saturated carbocycles. The molecule has 1 aromatic heterocycles. The molecular formula is C16H20N2O. The molecule has 2 heterocycles. The van der Waals surface area contributed by atoms with Gasteiger partial charge in [-0.05, 0) is 36.7 Å². The van der Waals surface area contributed by atoms with Crippen molar-refractivity contribution in [3.05, 3.63) is 58.5 Å². The summed E-state index contributed by atoms with van der Waals surface area (Å²) in [5.74, 6) is 1.02. The number of nitrogens with zero attached hydrogens (tertiary/aromatic N) is 1. The largest absolute Gasteiger partial charge is 0.469 e. The Morgan fingerprint density at radius 2 is 2.00 bits per heavy atom. The molecular weight excluding hydrogens is 236 g/mol. The van der Waals surface area contributed by atoms with Gasteiger partial charge in [-0.3, -0.25) is 4.90 Å². The highest BCUT2D eigenvalue weighted by Gasteiger charge is 2.11. The lowest BCUT2D eigenvalue weighted by molar-refractivity contribution is 0.316. The topological polar surface area (TPSA) is 28.4 Å². The molecule has 3 heteroatoms. The van der Waals surface area contributed by atoms with Gasteiger partial charge in [-0.15, -0.1) is 0 Å². The van der Waals surface area contributed by atoms with Crippen LogP contribution in [0.1, 0.15) is 28.0 Å². The van der Waals surface area contributed by atoms with Gasteiger partial charge in [0.25, 0.3) is 0 Å². The Morgan fingerprint density at radius 3 is 2.79 bits per heavy atom. The molecule has 0 radical (unpaired) electrons. The van der Waals surface area contributed by atoms with Crippen molar-refractivity contribution in [3.63, 3.8) is 0 Å². The standard InChI is InChI=1S/C16H20N2O/c1-12-15(5-6-19-12)11-18(2)10-13-3-4-14-8-17-9-16(14)7-13/h3-7,17H,8-11H2,1-2H3. The van der Waals surface area contributed by atoms with E-state index >= 15 is 0 Å². The molecule has 3 rings (SSSR count). The summed E-state index contributed by atoms with van der Waals surface area (Å²) >= 11 is 0. The highest BCUT2D eigenvalue weighted by Crippen LogP contribution is 2.19. The van der Waals surface area contributed by atoms with Crippen LogP contribution in [0.3, 0.4) is 0 Å². The molecule has 1 aliphatic heterocycles. The van der Waals surface area contributed by atoms with E-state index in [1.165, 1.54) is 22.3 Å². The number of hydrogen-bond acceptors (Lipinski definition) is 3. The zero-order valence-electron chi connectivity index (χ0n) is 11.6. The second kappa shape index (κ2) is 5.19. The monoisotopic (exact) mass is 256 g/mol. The zero-order valence-corrected chi connectivity index (χ0v) is 11.6. The van der Waals surface area contributed by atoms with E-state index in [4.69, 9.17) is 4.42 Å². The second-order valence-electron chi connectivity index (χ2n) is 5.38. The van der Waals surface area contributed by atoms with Crippen LogP contribution in [0.15, 0.2) is 34.9 Å². The Balaban J connectivity index is 1.66. The van der Waals surface area contributed by atoms with Gasteiger partial charge >= 0.3 is 0 Å². The molecule has 2 aromatic rings. The average molecular weight is 256 g/mol. The summed E-state index contributed by atoms with van der Waals surface area (Å²) in [6, 6.07) is 8.87. The molecule has 0 fully saturated rings. The van der Waals surface area contributed by atoms with E-state index < -0.39 is 0 Å². The van der Waals surface area contributed by atoms with Gasteiger partial charge in [0.15, 0.2) is 0 Å². The molecule has 100 valence electrons. The van der Waals surface area contributed by atoms with Gasteiger partial charge in [0.2, 0.25) is 0 Å². The fourth-order valence-corrected chi connectivity index (χ4v) is 2.68. The predicted octanol–water partition coefficient (Wildman–Crippen LogP) is 2.82. The molecule has 0 bridgehead atoms. The molecule has 0 amide bonds. The summed E-state index contributed by atoms with van der Waals surface area (Å²) < 4.78 is 5.34. The molecule has 1 N–H and O–H groups in total. The SMILES string of the molecule is Cc1occc1CN(C)Cc1ccc2c(c1)CNC2.